The van der Waals surface area contributed by atoms with Gasteiger partial charge in [-0.3, -0.25) is 82.7 Å². The Hall–Kier alpha value is -7.88. The number of cyclic esters (lactones) is 1. The van der Waals surface area contributed by atoms with Crippen LogP contribution in [-0.4, -0.2) is 225 Å². The summed E-state index contributed by atoms with van der Waals surface area (Å²) in [6, 6.07) is -11.7. The van der Waals surface area contributed by atoms with Gasteiger partial charge in [-0.15, -0.1) is 0 Å². The van der Waals surface area contributed by atoms with E-state index in [9.17, 15) is 93.0 Å². The molecule has 1 aliphatic rings. The van der Waals surface area contributed by atoms with Crippen molar-refractivity contribution in [3.8, 4) is 0 Å². The first-order valence-electron chi connectivity index (χ1n) is 27.5. The van der Waals surface area contributed by atoms with Crippen molar-refractivity contribution in [3.63, 3.8) is 0 Å². The SMILES string of the molecule is CCCCCC/C=C\CC(=O)N[C@@H]1COC(=O)CNC(=O)C(CCCN(O)C(C)=O)NC(=O)CNC(=O)[C@@H](CO)NC(=O)C(CCCN(O)C(C)=O)NC(=O)[C@H](CO)NC(=O)[C@@H](C(C)C)NC(=O)CNC(=O)C(CCCN(O)C(C)=O)NC1=O. The van der Waals surface area contributed by atoms with Crippen LogP contribution in [0.15, 0.2) is 12.2 Å². The molecule has 0 aromatic rings. The summed E-state index contributed by atoms with van der Waals surface area (Å²) in [4.78, 5) is 184. The summed E-state index contributed by atoms with van der Waals surface area (Å²) in [5.41, 5.74) is 0. The molecule has 0 aromatic carbocycles. The molecule has 1 saturated heterocycles. The van der Waals surface area contributed by atoms with E-state index < -0.39 is 170 Å². The lowest BCUT2D eigenvalue weighted by molar-refractivity contribution is -0.163. The van der Waals surface area contributed by atoms with Crippen molar-refractivity contribution in [2.24, 2.45) is 5.92 Å². The maximum absolute atomic E-state index is 14.0. The first kappa shape index (κ1) is 74.1. The fourth-order valence-electron chi connectivity index (χ4n) is 7.61. The zero-order valence-corrected chi connectivity index (χ0v) is 48.3. The Morgan fingerprint density at radius 2 is 0.952 bits per heavy atom. The minimum absolute atomic E-state index is 0.137. The predicted molar refractivity (Wildman–Crippen MR) is 290 cm³/mol. The average molecular weight is 1200 g/mol. The highest BCUT2D eigenvalue weighted by molar-refractivity contribution is 5.98. The zero-order chi connectivity index (χ0) is 63.5. The van der Waals surface area contributed by atoms with Gasteiger partial charge in [0.1, 0.15) is 55.4 Å². The predicted octanol–water partition coefficient (Wildman–Crippen LogP) is -5.10. The third kappa shape index (κ3) is 29.9. The van der Waals surface area contributed by atoms with Gasteiger partial charge in [0.05, 0.1) is 26.3 Å². The van der Waals surface area contributed by atoms with E-state index in [1.54, 1.807) is 12.2 Å². The first-order chi connectivity index (χ1) is 39.6. The number of carbonyl (C=O) groups excluding carboxylic acids is 14. The lowest BCUT2D eigenvalue weighted by atomic mass is 10.0. The number of hydrogen-bond donors (Lipinski definition) is 15. The molecule has 13 amide bonds. The van der Waals surface area contributed by atoms with Crippen LogP contribution in [0.25, 0.3) is 0 Å². The van der Waals surface area contributed by atoms with Crippen LogP contribution in [0.3, 0.4) is 0 Å². The van der Waals surface area contributed by atoms with Crippen molar-refractivity contribution < 1.29 is 97.7 Å². The number of amides is 13. The normalized spacial score (nSPS) is 21.8. The fourth-order valence-corrected chi connectivity index (χ4v) is 7.61. The van der Waals surface area contributed by atoms with Crippen LogP contribution in [0.4, 0.5) is 0 Å². The van der Waals surface area contributed by atoms with Crippen LogP contribution in [0.2, 0.25) is 0 Å². The summed E-state index contributed by atoms with van der Waals surface area (Å²) in [6.45, 7) is 1.27. The lowest BCUT2D eigenvalue weighted by Gasteiger charge is -2.27. The van der Waals surface area contributed by atoms with Crippen molar-refractivity contribution in [2.75, 3.05) is 59.1 Å². The molecule has 15 N–H and O–H groups in total. The Balaban J connectivity index is 3.82. The smallest absolute Gasteiger partial charge is 0.325 e. The van der Waals surface area contributed by atoms with Gasteiger partial charge in [0, 0.05) is 46.8 Å². The number of hydrogen-bond acceptors (Lipinski definition) is 20. The molecule has 1 aliphatic heterocycles. The molecule has 0 aliphatic carbocycles. The highest BCUT2D eigenvalue weighted by atomic mass is 16.5. The summed E-state index contributed by atoms with van der Waals surface area (Å²) in [7, 11) is 0. The van der Waals surface area contributed by atoms with Gasteiger partial charge in [0.2, 0.25) is 76.8 Å². The van der Waals surface area contributed by atoms with Crippen LogP contribution in [-0.2, 0) is 71.9 Å². The highest BCUT2D eigenvalue weighted by Gasteiger charge is 2.34. The summed E-state index contributed by atoms with van der Waals surface area (Å²) in [5.74, 6) is -14.8. The second-order valence-electron chi connectivity index (χ2n) is 19.9. The van der Waals surface area contributed by atoms with E-state index in [1.807, 2.05) is 0 Å². The quantitative estimate of drug-likeness (QED) is 0.0150. The number of ether oxygens (including phenoxy) is 1. The molecule has 0 saturated carbocycles. The molecule has 1 fully saturated rings. The number of aliphatic hydroxyl groups excluding tert-OH is 2. The van der Waals surface area contributed by atoms with E-state index in [0.717, 1.165) is 46.5 Å². The molecule has 1 rings (SSSR count). The largest absolute Gasteiger partial charge is 0.462 e. The van der Waals surface area contributed by atoms with Gasteiger partial charge in [-0.2, -0.15) is 0 Å². The number of aliphatic hydroxyl groups is 2. The molecule has 1 heterocycles. The Morgan fingerprint density at radius 3 is 1.44 bits per heavy atom. The first-order valence-corrected chi connectivity index (χ1v) is 27.5. The van der Waals surface area contributed by atoms with Gasteiger partial charge >= 0.3 is 5.97 Å². The van der Waals surface area contributed by atoms with Crippen molar-refractivity contribution in [1.82, 2.24) is 68.4 Å². The van der Waals surface area contributed by atoms with Gasteiger partial charge < -0.3 is 68.1 Å². The molecule has 0 aromatic heterocycles. The molecule has 0 spiro atoms. The van der Waals surface area contributed by atoms with Gasteiger partial charge in [-0.1, -0.05) is 52.2 Å². The number of rotatable bonds is 23. The van der Waals surface area contributed by atoms with Crippen LogP contribution >= 0.6 is 0 Å². The average Bonchev–Trinajstić information content (AvgIpc) is 3.57. The minimum atomic E-state index is -1.84. The van der Waals surface area contributed by atoms with E-state index in [2.05, 4.69) is 60.1 Å². The summed E-state index contributed by atoms with van der Waals surface area (Å²) in [6.07, 6.45) is 6.09. The molecular formula is C51H85N13O20. The molecule has 3 unspecified atom stereocenters. The molecule has 0 radical (unpaired) electrons. The maximum Gasteiger partial charge on any atom is 0.325 e. The topological polar surface area (TPSA) is 479 Å². The number of allylic oxidation sites excluding steroid dienone is 1. The van der Waals surface area contributed by atoms with Crippen molar-refractivity contribution in [2.45, 2.75) is 161 Å². The van der Waals surface area contributed by atoms with Crippen LogP contribution in [0, 0.1) is 5.92 Å². The van der Waals surface area contributed by atoms with Crippen molar-refractivity contribution in [1.29, 1.82) is 0 Å². The van der Waals surface area contributed by atoms with Crippen molar-refractivity contribution >= 4 is 82.8 Å². The molecular weight excluding hydrogens is 1110 g/mol. The Labute approximate surface area is 485 Å². The highest BCUT2D eigenvalue weighted by Crippen LogP contribution is 2.08. The second-order valence-corrected chi connectivity index (χ2v) is 19.9. The van der Waals surface area contributed by atoms with Crippen LogP contribution in [0.5, 0.6) is 0 Å². The fraction of sp³-hybridized carbons (Fsp3) is 0.686. The van der Waals surface area contributed by atoms with Gasteiger partial charge in [0.15, 0.2) is 0 Å². The number of carbonyl (C=O) groups is 14. The summed E-state index contributed by atoms with van der Waals surface area (Å²) < 4.78 is 5.28. The van der Waals surface area contributed by atoms with E-state index in [1.165, 1.54) is 13.8 Å². The number of nitrogens with zero attached hydrogens (tertiary/aromatic N) is 3. The zero-order valence-electron chi connectivity index (χ0n) is 48.3. The standard InChI is InChI=1S/C51H85N13O20/c1-7-8-9-10-11-12-13-20-40(70)56-39-29-84-43(73)26-54-45(74)34(17-14-21-62(81)31(4)67)55-41(71)24-53-47(76)37(27-65)59-48(77)36(19-16-23-64(83)33(6)69)58-49(78)38(28-66)60-51(80)44(30(2)3)61-42(72)25-52-46(75)35(57-50(39)79)18-15-22-63(82)32(5)68/h12-13,30,34-39,44,65-66,81-83H,7-11,14-29H2,1-6H3,(H,52,75)(H,53,76)(H,54,74)(H,55,71)(H,56,70)(H,57,79)(H,58,78)(H,59,77)(H,60,80)(H,61,72)/b13-12-/t34?,35?,36?,37-,38+,39-,44-/m1/s1. The molecule has 474 valence electrons. The third-order valence-corrected chi connectivity index (χ3v) is 12.5. The third-order valence-electron chi connectivity index (χ3n) is 12.5. The maximum atomic E-state index is 14.0. The number of unbranched alkanes of at least 4 members (excludes halogenated alkanes) is 4. The van der Waals surface area contributed by atoms with E-state index in [-0.39, 0.29) is 64.6 Å². The van der Waals surface area contributed by atoms with Crippen molar-refractivity contribution in [3.05, 3.63) is 12.2 Å². The minimum Gasteiger partial charge on any atom is -0.462 e. The van der Waals surface area contributed by atoms with E-state index >= 15 is 0 Å². The van der Waals surface area contributed by atoms with Gasteiger partial charge in [0.25, 0.3) is 0 Å². The molecule has 84 heavy (non-hydrogen) atoms. The summed E-state index contributed by atoms with van der Waals surface area (Å²) >= 11 is 0. The lowest BCUT2D eigenvalue weighted by Crippen LogP contribution is -2.60. The van der Waals surface area contributed by atoms with E-state index in [0.29, 0.717) is 21.6 Å². The Morgan fingerprint density at radius 1 is 0.536 bits per heavy atom. The Bertz CT molecular complexity index is 2290. The molecule has 33 heteroatoms. The van der Waals surface area contributed by atoms with Crippen LogP contribution < -0.4 is 53.2 Å². The molecule has 33 nitrogen and oxygen atoms in total. The van der Waals surface area contributed by atoms with E-state index in [4.69, 9.17) is 4.74 Å². The Kier molecular flexibility index (Phi) is 35.6. The number of nitrogens with one attached hydrogen (secondary N) is 10. The number of esters is 1. The van der Waals surface area contributed by atoms with Gasteiger partial charge in [-0.05, 0) is 57.3 Å². The van der Waals surface area contributed by atoms with Crippen LogP contribution in [0.1, 0.15) is 119 Å². The number of hydroxylamine groups is 6. The monoisotopic (exact) mass is 1200 g/mol. The molecule has 7 atom stereocenters. The molecule has 0 bridgehead atoms. The summed E-state index contributed by atoms with van der Waals surface area (Å²) in [5, 5.41) is 74.2. The second kappa shape index (κ2) is 40.4. The van der Waals surface area contributed by atoms with Gasteiger partial charge in [-0.25, -0.2) is 15.2 Å².